The molecule has 5 heterocycles. The fraction of sp³-hybridized carbons (Fsp3) is 0. The summed E-state index contributed by atoms with van der Waals surface area (Å²) in [4.78, 5) is 30.6. The molecule has 0 fully saturated rings. The number of imidazole rings is 1. The summed E-state index contributed by atoms with van der Waals surface area (Å²) in [6.07, 6.45) is 1.87. The average Bonchev–Trinajstić information content (AvgIpc) is 3.66. The third-order valence-corrected chi connectivity index (χ3v) is 12.9. The van der Waals surface area contributed by atoms with Crippen LogP contribution in [0.5, 0.6) is 0 Å². The molecule has 4 aromatic carbocycles. The minimum Gasteiger partial charge on any atom is -0.299 e. The van der Waals surface area contributed by atoms with Gasteiger partial charge in [0, 0.05) is 33.6 Å². The quantitative estimate of drug-likeness (QED) is 0.264. The summed E-state index contributed by atoms with van der Waals surface area (Å²) in [6.45, 7) is 0. The topological polar surface area (TPSA) is 82.3 Å². The Hall–Kier alpha value is -6.12. The highest BCUT2D eigenvalue weighted by molar-refractivity contribution is 7.19. The van der Waals surface area contributed by atoms with Crippen LogP contribution in [0, 0.1) is 0 Å². The van der Waals surface area contributed by atoms with Gasteiger partial charge in [0.05, 0.1) is 11.0 Å². The van der Waals surface area contributed by atoms with Gasteiger partial charge in [-0.05, 0) is 47.7 Å². The molecule has 0 aliphatic carbocycles. The van der Waals surface area contributed by atoms with Gasteiger partial charge < -0.3 is 0 Å². The first-order valence-electron chi connectivity index (χ1n) is 15.1. The van der Waals surface area contributed by atoms with Gasteiger partial charge in [-0.1, -0.05) is 103 Å². The molecule has 0 spiro atoms. The van der Waals surface area contributed by atoms with E-state index in [1.54, 1.807) is 0 Å². The van der Waals surface area contributed by atoms with Crippen molar-refractivity contribution < 1.29 is 0 Å². The van der Waals surface area contributed by atoms with Gasteiger partial charge in [0.15, 0.2) is 17.5 Å². The predicted octanol–water partition coefficient (Wildman–Crippen LogP) is 4.69. The van der Waals surface area contributed by atoms with E-state index in [1.165, 1.54) is 5.19 Å². The van der Waals surface area contributed by atoms with E-state index in [-0.39, 0.29) is 0 Å². The summed E-state index contributed by atoms with van der Waals surface area (Å²) < 4.78 is 2.31. The number of benzene rings is 4. The molecule has 0 saturated heterocycles. The number of aromatic nitrogens is 7. The molecule has 0 radical (unpaired) electrons. The lowest BCUT2D eigenvalue weighted by Gasteiger charge is -2.26. The van der Waals surface area contributed by atoms with Crippen LogP contribution in [0.1, 0.15) is 0 Å². The molecule has 8 aromatic rings. The van der Waals surface area contributed by atoms with Crippen LogP contribution < -0.4 is 21.3 Å². The van der Waals surface area contributed by atoms with Crippen LogP contribution in [-0.4, -0.2) is 42.5 Å². The summed E-state index contributed by atoms with van der Waals surface area (Å²) in [5, 5.41) is 3.11. The van der Waals surface area contributed by atoms with Crippen LogP contribution in [0.2, 0.25) is 0 Å². The number of nitrogens with zero attached hydrogens (tertiary/aromatic N) is 7. The van der Waals surface area contributed by atoms with Crippen LogP contribution in [0.15, 0.2) is 152 Å². The standard InChI is InChI=1S/C38H25N7Si/c1-3-14-26(15-4-1)35-42-36(27-16-5-2-6-17-27)44-37(43-35)29-19-13-24-34(40-29)46(33-23-11-12-25-39-33)32-22-10-9-21-31(32)45-30-20-8-7-18-28(30)41-38(45)46/h1-25H. The zero-order chi connectivity index (χ0) is 30.5. The predicted molar refractivity (Wildman–Crippen MR) is 184 cm³/mol. The van der Waals surface area contributed by atoms with E-state index in [9.17, 15) is 0 Å². The molecule has 9 rings (SSSR count). The Labute approximate surface area is 266 Å². The second-order valence-electron chi connectivity index (χ2n) is 11.2. The van der Waals surface area contributed by atoms with Crippen molar-refractivity contribution in [3.8, 4) is 40.0 Å². The lowest BCUT2D eigenvalue weighted by Crippen LogP contribution is -2.75. The van der Waals surface area contributed by atoms with Crippen molar-refractivity contribution in [1.29, 1.82) is 0 Å². The van der Waals surface area contributed by atoms with Gasteiger partial charge in [-0.2, -0.15) is 0 Å². The number of para-hydroxylation sites is 3. The smallest absolute Gasteiger partial charge is 0.267 e. The van der Waals surface area contributed by atoms with Gasteiger partial charge in [-0.25, -0.2) is 19.9 Å². The summed E-state index contributed by atoms with van der Waals surface area (Å²) >= 11 is 0. The van der Waals surface area contributed by atoms with Crippen molar-refractivity contribution in [2.24, 2.45) is 0 Å². The van der Waals surface area contributed by atoms with E-state index in [2.05, 4.69) is 71.3 Å². The highest BCUT2D eigenvalue weighted by Crippen LogP contribution is 2.27. The van der Waals surface area contributed by atoms with Crippen molar-refractivity contribution in [3.63, 3.8) is 0 Å². The zero-order valence-corrected chi connectivity index (χ0v) is 25.6. The molecule has 8 heteroatoms. The molecule has 0 saturated carbocycles. The highest BCUT2D eigenvalue weighted by atomic mass is 28.3. The first-order chi connectivity index (χ1) is 22.8. The highest BCUT2D eigenvalue weighted by Gasteiger charge is 2.54. The molecule has 1 aliphatic heterocycles. The van der Waals surface area contributed by atoms with E-state index >= 15 is 0 Å². The van der Waals surface area contributed by atoms with Crippen LogP contribution in [0.25, 0.3) is 51.0 Å². The fourth-order valence-electron chi connectivity index (χ4n) is 6.54. The van der Waals surface area contributed by atoms with Crippen LogP contribution in [0.3, 0.4) is 0 Å². The van der Waals surface area contributed by atoms with E-state index < -0.39 is 8.07 Å². The van der Waals surface area contributed by atoms with E-state index in [1.807, 2.05) is 85.1 Å². The minimum atomic E-state index is -3.07. The molecule has 1 atom stereocenters. The van der Waals surface area contributed by atoms with Crippen LogP contribution in [-0.2, 0) is 0 Å². The second kappa shape index (κ2) is 10.5. The molecule has 7 nitrogen and oxygen atoms in total. The van der Waals surface area contributed by atoms with E-state index in [0.29, 0.717) is 23.2 Å². The molecular formula is C38H25N7Si. The third kappa shape index (κ3) is 3.97. The summed E-state index contributed by atoms with van der Waals surface area (Å²) in [6, 6.07) is 49.2. The third-order valence-electron chi connectivity index (χ3n) is 8.56. The minimum absolute atomic E-state index is 0.513. The van der Waals surface area contributed by atoms with Crippen molar-refractivity contribution >= 4 is 40.4 Å². The van der Waals surface area contributed by atoms with Crippen LogP contribution in [0.4, 0.5) is 0 Å². The Balaban J connectivity index is 1.32. The monoisotopic (exact) mass is 607 g/mol. The maximum Gasteiger partial charge on any atom is 0.267 e. The molecule has 46 heavy (non-hydrogen) atoms. The summed E-state index contributed by atoms with van der Waals surface area (Å²) in [5.74, 6) is 1.71. The van der Waals surface area contributed by atoms with Gasteiger partial charge in [0.1, 0.15) is 11.1 Å². The molecule has 1 unspecified atom stereocenters. The van der Waals surface area contributed by atoms with Crippen LogP contribution >= 0.6 is 0 Å². The van der Waals surface area contributed by atoms with Gasteiger partial charge in [-0.15, -0.1) is 0 Å². The first kappa shape index (κ1) is 26.3. The molecule has 1 aliphatic rings. The lowest BCUT2D eigenvalue weighted by molar-refractivity contribution is 1.06. The fourth-order valence-corrected chi connectivity index (χ4v) is 11.1. The first-order valence-corrected chi connectivity index (χ1v) is 17.1. The maximum atomic E-state index is 5.43. The average molecular weight is 608 g/mol. The number of rotatable bonds is 5. The Morgan fingerprint density at radius 2 is 1.09 bits per heavy atom. The maximum absolute atomic E-state index is 5.43. The zero-order valence-electron chi connectivity index (χ0n) is 24.6. The Morgan fingerprint density at radius 3 is 1.83 bits per heavy atom. The van der Waals surface area contributed by atoms with Gasteiger partial charge >= 0.3 is 0 Å². The number of fused-ring (bicyclic) bond motifs is 5. The van der Waals surface area contributed by atoms with Gasteiger partial charge in [-0.3, -0.25) is 14.5 Å². The summed E-state index contributed by atoms with van der Waals surface area (Å²) in [7, 11) is -3.07. The molecule has 216 valence electrons. The molecule has 0 bridgehead atoms. The number of pyridine rings is 2. The normalized spacial score (nSPS) is 15.0. The molecule has 0 amide bonds. The number of hydrogen-bond donors (Lipinski definition) is 0. The van der Waals surface area contributed by atoms with E-state index in [0.717, 1.165) is 43.9 Å². The van der Waals surface area contributed by atoms with Crippen molar-refractivity contribution in [1.82, 2.24) is 34.5 Å². The molecule has 4 aromatic heterocycles. The summed E-state index contributed by atoms with van der Waals surface area (Å²) in [5.41, 5.74) is 6.63. The largest absolute Gasteiger partial charge is 0.299 e. The van der Waals surface area contributed by atoms with Crippen molar-refractivity contribution in [3.05, 3.63) is 152 Å². The number of hydrogen-bond acceptors (Lipinski definition) is 6. The van der Waals surface area contributed by atoms with Crippen molar-refractivity contribution in [2.45, 2.75) is 0 Å². The Morgan fingerprint density at radius 1 is 0.457 bits per heavy atom. The second-order valence-corrected chi connectivity index (χ2v) is 14.7. The molecular weight excluding hydrogens is 583 g/mol. The van der Waals surface area contributed by atoms with E-state index in [4.69, 9.17) is 29.9 Å². The van der Waals surface area contributed by atoms with Gasteiger partial charge in [0.25, 0.3) is 8.07 Å². The Bertz CT molecular complexity index is 2320. The molecule has 0 N–H and O–H groups in total. The SMILES string of the molecule is c1ccc(-c2nc(-c3ccccc3)nc(-c3cccc([Si]4(c5ccccn5)c5ccccc5-n5c4nc4ccccc45)n3)n2)cc1. The lowest BCUT2D eigenvalue weighted by atomic mass is 10.2. The van der Waals surface area contributed by atoms with Crippen molar-refractivity contribution in [2.75, 3.05) is 0 Å². The Kier molecular flexibility index (Phi) is 6.00. The van der Waals surface area contributed by atoms with Gasteiger partial charge in [0.2, 0.25) is 0 Å².